The van der Waals surface area contributed by atoms with E-state index in [1.54, 1.807) is 6.07 Å². The quantitative estimate of drug-likeness (QED) is 0.744. The Hall–Kier alpha value is -1.12. The number of carbonyl (C=O) groups is 1. The lowest BCUT2D eigenvalue weighted by Gasteiger charge is -2.08. The second kappa shape index (κ2) is 5.48. The molecule has 0 spiro atoms. The number of halogens is 1. The molecule has 1 aromatic carbocycles. The standard InChI is InChI=1S/C9H11BrN2O4S/c10-7-5-6(9(13)14)1-2-8(7)12-3-4-17(11,15)16/h1-2,5,12H,3-4H2,(H,13,14)(H2,11,15,16). The van der Waals surface area contributed by atoms with Gasteiger partial charge in [0, 0.05) is 16.7 Å². The molecule has 0 aromatic heterocycles. The Bertz CT molecular complexity index is 530. The van der Waals surface area contributed by atoms with Gasteiger partial charge in [-0.05, 0) is 34.1 Å². The number of nitrogens with one attached hydrogen (secondary N) is 1. The van der Waals surface area contributed by atoms with Gasteiger partial charge in [0.05, 0.1) is 11.3 Å². The third-order valence-corrected chi connectivity index (χ3v) is 3.35. The number of rotatable bonds is 5. The summed E-state index contributed by atoms with van der Waals surface area (Å²) in [4.78, 5) is 10.7. The summed E-state index contributed by atoms with van der Waals surface area (Å²) in [7, 11) is -3.50. The predicted molar refractivity (Wildman–Crippen MR) is 67.6 cm³/mol. The molecule has 0 atom stereocenters. The van der Waals surface area contributed by atoms with Crippen LogP contribution in [0.2, 0.25) is 0 Å². The molecule has 0 saturated carbocycles. The molecule has 0 unspecified atom stereocenters. The number of sulfonamides is 1. The molecule has 0 bridgehead atoms. The number of benzene rings is 1. The van der Waals surface area contributed by atoms with Crippen LogP contribution in [0.15, 0.2) is 22.7 Å². The number of nitrogens with two attached hydrogens (primary N) is 1. The van der Waals surface area contributed by atoms with Crippen LogP contribution in [0.1, 0.15) is 10.4 Å². The lowest BCUT2D eigenvalue weighted by molar-refractivity contribution is 0.0697. The van der Waals surface area contributed by atoms with E-state index < -0.39 is 16.0 Å². The van der Waals surface area contributed by atoms with E-state index in [0.717, 1.165) is 0 Å². The molecular weight excluding hydrogens is 312 g/mol. The first-order valence-electron chi connectivity index (χ1n) is 4.57. The maximum Gasteiger partial charge on any atom is 0.335 e. The molecule has 0 saturated heterocycles. The fourth-order valence-electron chi connectivity index (χ4n) is 1.12. The van der Waals surface area contributed by atoms with Crippen LogP contribution in [0.25, 0.3) is 0 Å². The first kappa shape index (κ1) is 13.9. The molecule has 0 aliphatic heterocycles. The van der Waals surface area contributed by atoms with E-state index in [-0.39, 0.29) is 17.9 Å². The summed E-state index contributed by atoms with van der Waals surface area (Å²) >= 11 is 3.19. The van der Waals surface area contributed by atoms with Crippen molar-refractivity contribution in [2.45, 2.75) is 0 Å². The number of aromatic carboxylic acids is 1. The highest BCUT2D eigenvalue weighted by molar-refractivity contribution is 9.10. The van der Waals surface area contributed by atoms with Crippen molar-refractivity contribution in [1.29, 1.82) is 0 Å². The highest BCUT2D eigenvalue weighted by Gasteiger charge is 2.07. The molecule has 94 valence electrons. The molecule has 0 amide bonds. The molecule has 8 heteroatoms. The second-order valence-electron chi connectivity index (χ2n) is 3.29. The van der Waals surface area contributed by atoms with Gasteiger partial charge in [0.15, 0.2) is 0 Å². The number of primary sulfonamides is 1. The summed E-state index contributed by atoms with van der Waals surface area (Å²) in [5.74, 6) is -1.22. The number of anilines is 1. The zero-order valence-corrected chi connectivity index (χ0v) is 11.1. The Labute approximate surface area is 107 Å². The SMILES string of the molecule is NS(=O)(=O)CCNc1ccc(C(=O)O)cc1Br. The number of carboxylic acids is 1. The molecule has 1 rings (SSSR count). The van der Waals surface area contributed by atoms with E-state index in [2.05, 4.69) is 21.2 Å². The maximum absolute atomic E-state index is 10.7. The summed E-state index contributed by atoms with van der Waals surface area (Å²) in [5.41, 5.74) is 0.757. The average Bonchev–Trinajstić information content (AvgIpc) is 2.18. The minimum absolute atomic E-state index is 0.147. The molecule has 17 heavy (non-hydrogen) atoms. The van der Waals surface area contributed by atoms with E-state index in [1.807, 2.05) is 0 Å². The lowest BCUT2D eigenvalue weighted by atomic mass is 10.2. The van der Waals surface area contributed by atoms with Crippen LogP contribution in [0, 0.1) is 0 Å². The van der Waals surface area contributed by atoms with Crippen LogP contribution in [0.4, 0.5) is 5.69 Å². The van der Waals surface area contributed by atoms with Gasteiger partial charge in [-0.15, -0.1) is 0 Å². The average molecular weight is 323 g/mol. The first-order valence-corrected chi connectivity index (χ1v) is 7.07. The Morgan fingerprint density at radius 1 is 1.47 bits per heavy atom. The fourth-order valence-corrected chi connectivity index (χ4v) is 2.03. The summed E-state index contributed by atoms with van der Waals surface area (Å²) < 4.78 is 21.9. The van der Waals surface area contributed by atoms with Gasteiger partial charge >= 0.3 is 5.97 Å². The van der Waals surface area contributed by atoms with Gasteiger partial charge in [-0.25, -0.2) is 18.4 Å². The summed E-state index contributed by atoms with van der Waals surface area (Å²) in [6.45, 7) is 0.157. The largest absolute Gasteiger partial charge is 0.478 e. The molecule has 0 radical (unpaired) electrons. The zero-order chi connectivity index (χ0) is 13.1. The summed E-state index contributed by atoms with van der Waals surface area (Å²) in [5, 5.41) is 16.4. The Kier molecular flexibility index (Phi) is 4.49. The molecule has 6 nitrogen and oxygen atoms in total. The number of hydrogen-bond donors (Lipinski definition) is 3. The lowest BCUT2D eigenvalue weighted by Crippen LogP contribution is -2.22. The van der Waals surface area contributed by atoms with Gasteiger partial charge in [0.1, 0.15) is 0 Å². The number of carboxylic acid groups (broad SMARTS) is 1. The molecule has 0 aliphatic rings. The molecule has 0 fully saturated rings. The topological polar surface area (TPSA) is 109 Å². The minimum atomic E-state index is -3.50. The normalized spacial score (nSPS) is 11.2. The zero-order valence-electron chi connectivity index (χ0n) is 8.68. The van der Waals surface area contributed by atoms with Crippen molar-refractivity contribution in [1.82, 2.24) is 0 Å². The van der Waals surface area contributed by atoms with Crippen molar-refractivity contribution < 1.29 is 18.3 Å². The van der Waals surface area contributed by atoms with Crippen LogP contribution < -0.4 is 10.5 Å². The first-order chi connectivity index (χ1) is 7.79. The fraction of sp³-hybridized carbons (Fsp3) is 0.222. The van der Waals surface area contributed by atoms with Crippen LogP contribution in [-0.4, -0.2) is 31.8 Å². The summed E-state index contributed by atoms with van der Waals surface area (Å²) in [6.07, 6.45) is 0. The Morgan fingerprint density at radius 2 is 2.12 bits per heavy atom. The van der Waals surface area contributed by atoms with Crippen molar-refractivity contribution in [2.75, 3.05) is 17.6 Å². The number of hydrogen-bond acceptors (Lipinski definition) is 4. The van der Waals surface area contributed by atoms with E-state index in [4.69, 9.17) is 10.2 Å². The molecule has 0 aliphatic carbocycles. The highest BCUT2D eigenvalue weighted by atomic mass is 79.9. The summed E-state index contributed by atoms with van der Waals surface area (Å²) in [6, 6.07) is 4.41. The Balaban J connectivity index is 2.70. The van der Waals surface area contributed by atoms with Crippen molar-refractivity contribution in [3.63, 3.8) is 0 Å². The van der Waals surface area contributed by atoms with Crippen molar-refractivity contribution in [3.8, 4) is 0 Å². The van der Waals surface area contributed by atoms with Gasteiger partial charge in [-0.2, -0.15) is 0 Å². The van der Waals surface area contributed by atoms with Gasteiger partial charge in [-0.1, -0.05) is 0 Å². The van der Waals surface area contributed by atoms with Crippen molar-refractivity contribution in [2.24, 2.45) is 5.14 Å². The van der Waals surface area contributed by atoms with E-state index in [0.29, 0.717) is 10.2 Å². The predicted octanol–water partition coefficient (Wildman–Crippen LogP) is 0.848. The van der Waals surface area contributed by atoms with Crippen molar-refractivity contribution in [3.05, 3.63) is 28.2 Å². The van der Waals surface area contributed by atoms with E-state index in [1.165, 1.54) is 12.1 Å². The van der Waals surface area contributed by atoms with Crippen LogP contribution in [0.5, 0.6) is 0 Å². The smallest absolute Gasteiger partial charge is 0.335 e. The molecule has 4 N–H and O–H groups in total. The van der Waals surface area contributed by atoms with E-state index >= 15 is 0 Å². The molecular formula is C9H11BrN2O4S. The monoisotopic (exact) mass is 322 g/mol. The van der Waals surface area contributed by atoms with Gasteiger partial charge in [-0.3, -0.25) is 0 Å². The highest BCUT2D eigenvalue weighted by Crippen LogP contribution is 2.23. The minimum Gasteiger partial charge on any atom is -0.478 e. The van der Waals surface area contributed by atoms with Gasteiger partial charge < -0.3 is 10.4 Å². The third kappa shape index (κ3) is 4.72. The van der Waals surface area contributed by atoms with Crippen LogP contribution in [0.3, 0.4) is 0 Å². The third-order valence-electron chi connectivity index (χ3n) is 1.92. The van der Waals surface area contributed by atoms with Crippen LogP contribution in [-0.2, 0) is 10.0 Å². The maximum atomic E-state index is 10.7. The molecule has 1 aromatic rings. The van der Waals surface area contributed by atoms with E-state index in [9.17, 15) is 13.2 Å². The van der Waals surface area contributed by atoms with Crippen LogP contribution >= 0.6 is 15.9 Å². The van der Waals surface area contributed by atoms with Gasteiger partial charge in [0.25, 0.3) is 0 Å². The Morgan fingerprint density at radius 3 is 2.59 bits per heavy atom. The molecule has 0 heterocycles. The van der Waals surface area contributed by atoms with Gasteiger partial charge in [0.2, 0.25) is 10.0 Å². The van der Waals surface area contributed by atoms with Crippen molar-refractivity contribution >= 4 is 37.6 Å². The second-order valence-corrected chi connectivity index (χ2v) is 5.88.